The van der Waals surface area contributed by atoms with Crippen molar-refractivity contribution in [1.82, 2.24) is 0 Å². The third-order valence-electron chi connectivity index (χ3n) is 1.90. The normalized spacial score (nSPS) is 14.7. The van der Waals surface area contributed by atoms with Gasteiger partial charge >= 0.3 is 5.97 Å². The van der Waals surface area contributed by atoms with Gasteiger partial charge in [-0.1, -0.05) is 0 Å². The molecule has 5 nitrogen and oxygen atoms in total. The molecule has 1 aromatic heterocycles. The molecular formula is C9H12N2O3. The van der Waals surface area contributed by atoms with Crippen molar-refractivity contribution in [3.8, 4) is 0 Å². The molecule has 0 saturated carbocycles. The number of hydrogen-bond acceptors (Lipinski definition) is 3. The summed E-state index contributed by atoms with van der Waals surface area (Å²) in [6.45, 7) is 1.41. The summed E-state index contributed by atoms with van der Waals surface area (Å²) < 4.78 is 0.618. The van der Waals surface area contributed by atoms with Crippen LogP contribution in [0.15, 0.2) is 24.5 Å². The van der Waals surface area contributed by atoms with Crippen molar-refractivity contribution >= 4 is 5.97 Å². The third-order valence-corrected chi connectivity index (χ3v) is 1.90. The number of rotatable bonds is 3. The summed E-state index contributed by atoms with van der Waals surface area (Å²) in [7, 11) is 0. The minimum Gasteiger partial charge on any atom is -0.619 e. The molecule has 1 rings (SSSR count). The van der Waals surface area contributed by atoms with Crippen molar-refractivity contribution in [1.29, 1.82) is 0 Å². The molecule has 1 atom stereocenters. The second-order valence-electron chi connectivity index (χ2n) is 3.47. The molecule has 0 spiro atoms. The lowest BCUT2D eigenvalue weighted by molar-refractivity contribution is -0.605. The van der Waals surface area contributed by atoms with E-state index in [0.29, 0.717) is 10.3 Å². The summed E-state index contributed by atoms with van der Waals surface area (Å²) in [6.07, 6.45) is 2.78. The Morgan fingerprint density at radius 1 is 1.79 bits per heavy atom. The van der Waals surface area contributed by atoms with Crippen LogP contribution in [0.2, 0.25) is 0 Å². The Morgan fingerprint density at radius 2 is 2.43 bits per heavy atom. The van der Waals surface area contributed by atoms with E-state index >= 15 is 0 Å². The first-order valence-electron chi connectivity index (χ1n) is 4.12. The SMILES string of the molecule is CC(N)(Cc1ccc[n+]([O-])c1)C(=O)O. The molecule has 3 N–H and O–H groups in total. The lowest BCUT2D eigenvalue weighted by atomic mass is 9.95. The fourth-order valence-corrected chi connectivity index (χ4v) is 1.11. The van der Waals surface area contributed by atoms with Crippen LogP contribution in [0, 0.1) is 5.21 Å². The minimum absolute atomic E-state index is 0.130. The summed E-state index contributed by atoms with van der Waals surface area (Å²) >= 11 is 0. The minimum atomic E-state index is -1.34. The van der Waals surface area contributed by atoms with Crippen LogP contribution in [0.5, 0.6) is 0 Å². The van der Waals surface area contributed by atoms with Crippen LogP contribution in [-0.4, -0.2) is 16.6 Å². The maximum atomic E-state index is 10.9. The van der Waals surface area contributed by atoms with Crippen molar-refractivity contribution in [2.24, 2.45) is 5.73 Å². The van der Waals surface area contributed by atoms with Gasteiger partial charge in [0, 0.05) is 18.1 Å². The predicted molar refractivity (Wildman–Crippen MR) is 49.3 cm³/mol. The Kier molecular flexibility index (Phi) is 2.71. The number of carboxylic acid groups (broad SMARTS) is 1. The van der Waals surface area contributed by atoms with E-state index in [-0.39, 0.29) is 6.42 Å². The highest BCUT2D eigenvalue weighted by Crippen LogP contribution is 2.08. The summed E-state index contributed by atoms with van der Waals surface area (Å²) in [5, 5.41) is 19.6. The Hall–Kier alpha value is -1.62. The zero-order valence-electron chi connectivity index (χ0n) is 7.80. The summed E-state index contributed by atoms with van der Waals surface area (Å²) in [6, 6.07) is 3.22. The maximum Gasteiger partial charge on any atom is 0.323 e. The Bertz CT molecular complexity index is 350. The third kappa shape index (κ3) is 2.43. The lowest BCUT2D eigenvalue weighted by Crippen LogP contribution is -2.47. The first-order valence-corrected chi connectivity index (χ1v) is 4.12. The number of nitrogens with two attached hydrogens (primary N) is 1. The number of hydrogen-bond donors (Lipinski definition) is 2. The molecule has 0 radical (unpaired) electrons. The Labute approximate surface area is 81.4 Å². The van der Waals surface area contributed by atoms with Gasteiger partial charge in [-0.3, -0.25) is 4.79 Å². The molecule has 14 heavy (non-hydrogen) atoms. The highest BCUT2D eigenvalue weighted by atomic mass is 16.5. The molecule has 0 aliphatic rings. The van der Waals surface area contributed by atoms with Gasteiger partial charge in [0.2, 0.25) is 0 Å². The van der Waals surface area contributed by atoms with E-state index < -0.39 is 11.5 Å². The van der Waals surface area contributed by atoms with Gasteiger partial charge in [-0.15, -0.1) is 0 Å². The van der Waals surface area contributed by atoms with Crippen molar-refractivity contribution < 1.29 is 14.6 Å². The molecule has 0 aliphatic heterocycles. The zero-order valence-corrected chi connectivity index (χ0v) is 7.80. The average Bonchev–Trinajstić information content (AvgIpc) is 2.02. The summed E-state index contributed by atoms with van der Waals surface area (Å²) in [5.74, 6) is -1.08. The van der Waals surface area contributed by atoms with Crippen LogP contribution in [-0.2, 0) is 11.2 Å². The zero-order chi connectivity index (χ0) is 10.8. The number of nitrogens with zero attached hydrogens (tertiary/aromatic N) is 1. The van der Waals surface area contributed by atoms with E-state index in [2.05, 4.69) is 0 Å². The van der Waals surface area contributed by atoms with Gasteiger partial charge in [-0.25, -0.2) is 0 Å². The van der Waals surface area contributed by atoms with Crippen molar-refractivity contribution in [2.75, 3.05) is 0 Å². The van der Waals surface area contributed by atoms with Crippen LogP contribution in [0.25, 0.3) is 0 Å². The first kappa shape index (κ1) is 10.5. The molecule has 0 aliphatic carbocycles. The molecule has 0 fully saturated rings. The molecular weight excluding hydrogens is 184 g/mol. The average molecular weight is 196 g/mol. The Balaban J connectivity index is 2.83. The number of aliphatic carboxylic acids is 1. The highest BCUT2D eigenvalue weighted by Gasteiger charge is 2.28. The summed E-state index contributed by atoms with van der Waals surface area (Å²) in [5.41, 5.74) is 4.80. The quantitative estimate of drug-likeness (QED) is 0.511. The monoisotopic (exact) mass is 196 g/mol. The first-order chi connectivity index (χ1) is 6.42. The molecule has 1 unspecified atom stereocenters. The number of aromatic nitrogens is 1. The van der Waals surface area contributed by atoms with Crippen LogP contribution < -0.4 is 10.5 Å². The van der Waals surface area contributed by atoms with Gasteiger partial charge < -0.3 is 16.0 Å². The van der Waals surface area contributed by atoms with Gasteiger partial charge in [0.15, 0.2) is 12.4 Å². The number of carboxylic acids is 1. The highest BCUT2D eigenvalue weighted by molar-refractivity contribution is 5.78. The molecule has 76 valence electrons. The van der Waals surface area contributed by atoms with E-state index in [4.69, 9.17) is 10.8 Å². The van der Waals surface area contributed by atoms with Gasteiger partial charge in [-0.05, 0) is 13.0 Å². The van der Waals surface area contributed by atoms with Crippen LogP contribution in [0.3, 0.4) is 0 Å². The van der Waals surface area contributed by atoms with E-state index in [0.717, 1.165) is 0 Å². The Morgan fingerprint density at radius 3 is 2.93 bits per heavy atom. The van der Waals surface area contributed by atoms with E-state index in [1.807, 2.05) is 0 Å². The van der Waals surface area contributed by atoms with Crippen LogP contribution in [0.4, 0.5) is 0 Å². The molecule has 0 saturated heterocycles. The molecule has 1 heterocycles. The number of pyridine rings is 1. The lowest BCUT2D eigenvalue weighted by Gasteiger charge is -2.18. The largest absolute Gasteiger partial charge is 0.619 e. The predicted octanol–water partition coefficient (Wildman–Crippen LogP) is -0.335. The fraction of sp³-hybridized carbons (Fsp3) is 0.333. The van der Waals surface area contributed by atoms with Crippen molar-refractivity contribution in [3.63, 3.8) is 0 Å². The fourth-order valence-electron chi connectivity index (χ4n) is 1.11. The second kappa shape index (κ2) is 3.63. The molecule has 5 heteroatoms. The molecule has 0 amide bonds. The summed E-state index contributed by atoms with van der Waals surface area (Å²) in [4.78, 5) is 10.7. The molecule has 0 bridgehead atoms. The molecule has 0 aromatic carbocycles. The van der Waals surface area contributed by atoms with E-state index in [1.54, 1.807) is 12.1 Å². The maximum absolute atomic E-state index is 10.9. The standard InChI is InChI=1S/C9H12N2O3/c1-9(10,8(12)13)5-7-3-2-4-11(14)6-7/h2-4,6H,5,10H2,1H3,(H,12,13). The van der Waals surface area contributed by atoms with Crippen LogP contribution >= 0.6 is 0 Å². The van der Waals surface area contributed by atoms with Crippen LogP contribution in [0.1, 0.15) is 12.5 Å². The van der Waals surface area contributed by atoms with Crippen molar-refractivity contribution in [2.45, 2.75) is 18.9 Å². The van der Waals surface area contributed by atoms with E-state index in [1.165, 1.54) is 19.3 Å². The number of carbonyl (C=O) groups is 1. The van der Waals surface area contributed by atoms with Gasteiger partial charge in [-0.2, -0.15) is 4.73 Å². The van der Waals surface area contributed by atoms with Gasteiger partial charge in [0.1, 0.15) is 5.54 Å². The topological polar surface area (TPSA) is 90.3 Å². The van der Waals surface area contributed by atoms with E-state index in [9.17, 15) is 10.0 Å². The van der Waals surface area contributed by atoms with Gasteiger partial charge in [0.25, 0.3) is 0 Å². The van der Waals surface area contributed by atoms with Gasteiger partial charge in [0.05, 0.1) is 0 Å². The smallest absolute Gasteiger partial charge is 0.323 e. The molecule has 1 aromatic rings. The van der Waals surface area contributed by atoms with Crippen molar-refractivity contribution in [3.05, 3.63) is 35.3 Å². The second-order valence-corrected chi connectivity index (χ2v) is 3.47.